The number of carbonyl (C=O) groups is 2. The first-order valence-electron chi connectivity index (χ1n) is 8.96. The van der Waals surface area contributed by atoms with E-state index in [1.54, 1.807) is 24.3 Å². The van der Waals surface area contributed by atoms with Crippen LogP contribution in [0.1, 0.15) is 6.92 Å². The van der Waals surface area contributed by atoms with Gasteiger partial charge in [-0.3, -0.25) is 19.1 Å². The van der Waals surface area contributed by atoms with Gasteiger partial charge in [-0.25, -0.2) is 9.78 Å². The minimum atomic E-state index is -0.702. The van der Waals surface area contributed by atoms with E-state index >= 15 is 0 Å². The third-order valence-electron chi connectivity index (χ3n) is 4.35. The number of rotatable bonds is 6. The fourth-order valence-electron chi connectivity index (χ4n) is 2.95. The highest BCUT2D eigenvalue weighted by Gasteiger charge is 2.20. The number of oxazole rings is 1. The number of hydrogen-bond acceptors (Lipinski definition) is 7. The highest BCUT2D eigenvalue weighted by Crippen LogP contribution is 2.28. The van der Waals surface area contributed by atoms with E-state index in [1.165, 1.54) is 20.8 Å². The molecule has 0 aliphatic carbocycles. The molecule has 2 aromatic carbocycles. The van der Waals surface area contributed by atoms with Crippen molar-refractivity contribution in [1.82, 2.24) is 9.55 Å². The maximum Gasteiger partial charge on any atom is 0.420 e. The Morgan fingerprint density at radius 1 is 1.17 bits per heavy atom. The van der Waals surface area contributed by atoms with Gasteiger partial charge in [0.15, 0.2) is 17.3 Å². The van der Waals surface area contributed by atoms with E-state index in [0.29, 0.717) is 22.8 Å². The highest BCUT2D eigenvalue weighted by molar-refractivity contribution is 7.22. The van der Waals surface area contributed by atoms with Crippen LogP contribution in [-0.2, 0) is 20.9 Å². The van der Waals surface area contributed by atoms with Crippen LogP contribution in [0.2, 0.25) is 0 Å². The molecular formula is C20H17N3O5S. The molecule has 0 saturated heterocycles. The topological polar surface area (TPSA) is 94.6 Å². The fraction of sp³-hybridized carbons (Fsp3) is 0.200. The van der Waals surface area contributed by atoms with Gasteiger partial charge in [-0.2, -0.15) is 0 Å². The lowest BCUT2D eigenvalue weighted by molar-refractivity contribution is -0.148. The predicted molar refractivity (Wildman–Crippen MR) is 109 cm³/mol. The number of nitrogens with zero attached hydrogens (tertiary/aromatic N) is 3. The first kappa shape index (κ1) is 18.9. The van der Waals surface area contributed by atoms with Crippen LogP contribution < -0.4 is 10.7 Å². The summed E-state index contributed by atoms with van der Waals surface area (Å²) in [4.78, 5) is 42.6. The zero-order chi connectivity index (χ0) is 20.4. The third kappa shape index (κ3) is 3.77. The summed E-state index contributed by atoms with van der Waals surface area (Å²) in [6.45, 7) is 1.44. The second-order valence-corrected chi connectivity index (χ2v) is 7.19. The molecule has 0 saturated carbocycles. The van der Waals surface area contributed by atoms with E-state index in [0.717, 1.165) is 10.2 Å². The molecule has 2 aromatic heterocycles. The van der Waals surface area contributed by atoms with Crippen molar-refractivity contribution < 1.29 is 18.7 Å². The summed E-state index contributed by atoms with van der Waals surface area (Å²) in [5, 5.41) is 0.548. The normalized spacial score (nSPS) is 11.1. The first-order chi connectivity index (χ1) is 14.1. The maximum absolute atomic E-state index is 12.6. The maximum atomic E-state index is 12.6. The molecule has 0 N–H and O–H groups in total. The first-order valence-corrected chi connectivity index (χ1v) is 9.78. The summed E-state index contributed by atoms with van der Waals surface area (Å²) >= 11 is 1.40. The SMILES string of the molecule is CCN(C(=O)COC(=O)Cn1c(=O)oc2ccccc21)c1nc2ccccc2s1. The molecule has 0 fully saturated rings. The van der Waals surface area contributed by atoms with Crippen LogP contribution in [0, 0.1) is 0 Å². The fourth-order valence-corrected chi connectivity index (χ4v) is 4.00. The quantitative estimate of drug-likeness (QED) is 0.453. The van der Waals surface area contributed by atoms with Gasteiger partial charge in [-0.05, 0) is 31.2 Å². The summed E-state index contributed by atoms with van der Waals surface area (Å²) in [7, 11) is 0. The third-order valence-corrected chi connectivity index (χ3v) is 5.41. The monoisotopic (exact) mass is 411 g/mol. The van der Waals surface area contributed by atoms with E-state index in [4.69, 9.17) is 9.15 Å². The van der Waals surface area contributed by atoms with E-state index < -0.39 is 18.3 Å². The van der Waals surface area contributed by atoms with E-state index in [9.17, 15) is 14.4 Å². The van der Waals surface area contributed by atoms with Crippen molar-refractivity contribution in [2.75, 3.05) is 18.1 Å². The van der Waals surface area contributed by atoms with E-state index in [1.807, 2.05) is 31.2 Å². The molecule has 2 heterocycles. The minimum absolute atomic E-state index is 0.337. The van der Waals surface area contributed by atoms with Gasteiger partial charge >= 0.3 is 11.7 Å². The average molecular weight is 411 g/mol. The number of carbonyl (C=O) groups excluding carboxylic acids is 2. The highest BCUT2D eigenvalue weighted by atomic mass is 32.1. The van der Waals surface area contributed by atoms with Gasteiger partial charge in [0.2, 0.25) is 0 Å². The number of hydrogen-bond donors (Lipinski definition) is 0. The van der Waals surface area contributed by atoms with E-state index in [-0.39, 0.29) is 12.5 Å². The Labute approximate surface area is 168 Å². The van der Waals surface area contributed by atoms with Crippen LogP contribution in [0.15, 0.2) is 57.7 Å². The molecular weight excluding hydrogens is 394 g/mol. The molecule has 1 amide bonds. The Kier molecular flexibility index (Phi) is 5.13. The van der Waals surface area contributed by atoms with Crippen LogP contribution in [0.5, 0.6) is 0 Å². The van der Waals surface area contributed by atoms with Crippen molar-refractivity contribution in [3.05, 3.63) is 59.1 Å². The zero-order valence-electron chi connectivity index (χ0n) is 15.5. The van der Waals surface area contributed by atoms with Crippen molar-refractivity contribution in [2.24, 2.45) is 0 Å². The number of anilines is 1. The largest absolute Gasteiger partial charge is 0.454 e. The summed E-state index contributed by atoms with van der Waals surface area (Å²) in [6.07, 6.45) is 0. The molecule has 0 unspecified atom stereocenters. The van der Waals surface area contributed by atoms with Crippen molar-refractivity contribution in [2.45, 2.75) is 13.5 Å². The molecule has 0 spiro atoms. The van der Waals surface area contributed by atoms with Crippen LogP contribution in [0.4, 0.5) is 5.13 Å². The minimum Gasteiger partial charge on any atom is -0.454 e. The lowest BCUT2D eigenvalue weighted by Gasteiger charge is -2.17. The van der Waals surface area contributed by atoms with Crippen LogP contribution >= 0.6 is 11.3 Å². The summed E-state index contributed by atoms with van der Waals surface area (Å²) in [5.41, 5.74) is 1.68. The lowest BCUT2D eigenvalue weighted by atomic mass is 10.3. The summed E-state index contributed by atoms with van der Waals surface area (Å²) in [6, 6.07) is 14.4. The molecule has 29 heavy (non-hydrogen) atoms. The molecule has 9 heteroatoms. The molecule has 0 bridgehead atoms. The van der Waals surface area contributed by atoms with Crippen LogP contribution in [-0.4, -0.2) is 34.6 Å². The second-order valence-electron chi connectivity index (χ2n) is 6.18. The lowest BCUT2D eigenvalue weighted by Crippen LogP contribution is -2.35. The molecule has 0 aliphatic heterocycles. The van der Waals surface area contributed by atoms with Gasteiger partial charge in [-0.15, -0.1) is 0 Å². The van der Waals surface area contributed by atoms with Gasteiger partial charge < -0.3 is 9.15 Å². The van der Waals surface area contributed by atoms with Crippen molar-refractivity contribution in [1.29, 1.82) is 0 Å². The molecule has 4 rings (SSSR count). The zero-order valence-corrected chi connectivity index (χ0v) is 16.3. The van der Waals surface area contributed by atoms with Crippen molar-refractivity contribution in [3.8, 4) is 0 Å². The second kappa shape index (κ2) is 7.88. The summed E-state index contributed by atoms with van der Waals surface area (Å²) < 4.78 is 12.3. The smallest absolute Gasteiger partial charge is 0.420 e. The number of likely N-dealkylation sites (N-methyl/N-ethyl adjacent to an activating group) is 1. The van der Waals surface area contributed by atoms with Gasteiger partial charge in [0.05, 0.1) is 15.7 Å². The van der Waals surface area contributed by atoms with Gasteiger partial charge in [0, 0.05) is 6.54 Å². The van der Waals surface area contributed by atoms with E-state index in [2.05, 4.69) is 4.98 Å². The van der Waals surface area contributed by atoms with Gasteiger partial charge in [0.1, 0.15) is 6.54 Å². The number of fused-ring (bicyclic) bond motifs is 2. The Balaban J connectivity index is 1.43. The Morgan fingerprint density at radius 3 is 2.72 bits per heavy atom. The standard InChI is InChI=1S/C20H17N3O5S/c1-2-22(19-21-13-7-3-6-10-16(13)29-19)17(24)12-27-18(25)11-23-14-8-4-5-9-15(14)28-20(23)26/h3-10H,2,11-12H2,1H3. The van der Waals surface area contributed by atoms with Gasteiger partial charge in [0.25, 0.3) is 5.91 Å². The number of amides is 1. The van der Waals surface area contributed by atoms with Crippen molar-refractivity contribution in [3.63, 3.8) is 0 Å². The number of thiazole rings is 1. The Bertz CT molecular complexity index is 1220. The van der Waals surface area contributed by atoms with Gasteiger partial charge in [-0.1, -0.05) is 35.6 Å². The number of ether oxygens (including phenoxy) is 1. The average Bonchev–Trinajstić information content (AvgIpc) is 3.28. The number of para-hydroxylation sites is 3. The summed E-state index contributed by atoms with van der Waals surface area (Å²) in [5.74, 6) is -1.74. The predicted octanol–water partition coefficient (Wildman–Crippen LogP) is 2.80. The van der Waals surface area contributed by atoms with Crippen LogP contribution in [0.3, 0.4) is 0 Å². The molecule has 0 radical (unpaired) electrons. The molecule has 4 aromatic rings. The van der Waals surface area contributed by atoms with Crippen molar-refractivity contribution >= 4 is 49.7 Å². The molecule has 0 aliphatic rings. The molecule has 0 atom stereocenters. The van der Waals surface area contributed by atoms with Crippen LogP contribution in [0.25, 0.3) is 21.3 Å². The number of aromatic nitrogens is 2. The molecule has 148 valence electrons. The Hall–Kier alpha value is -3.46. The number of benzene rings is 2. The Morgan fingerprint density at radius 2 is 1.93 bits per heavy atom. The number of esters is 1. The molecule has 8 nitrogen and oxygen atoms in total.